The van der Waals surface area contributed by atoms with Gasteiger partial charge in [-0.1, -0.05) is 18.2 Å². The van der Waals surface area contributed by atoms with Crippen molar-refractivity contribution in [1.82, 2.24) is 0 Å². The summed E-state index contributed by atoms with van der Waals surface area (Å²) in [5.41, 5.74) is 6.77. The average Bonchev–Trinajstić information content (AvgIpc) is 3.19. The molecule has 1 saturated carbocycles. The molecule has 4 heteroatoms. The molecular weight excluding hydrogens is 230 g/mol. The van der Waals surface area contributed by atoms with Crippen LogP contribution in [-0.4, -0.2) is 25.7 Å². The third kappa shape index (κ3) is 2.08. The van der Waals surface area contributed by atoms with Crippen LogP contribution in [0.4, 0.5) is 0 Å². The van der Waals surface area contributed by atoms with Crippen molar-refractivity contribution in [2.75, 3.05) is 13.7 Å². The quantitative estimate of drug-likeness (QED) is 0.805. The molecule has 1 atom stereocenters. The summed E-state index contributed by atoms with van der Waals surface area (Å²) >= 11 is 0. The number of ether oxygens (including phenoxy) is 2. The van der Waals surface area contributed by atoms with E-state index in [0.717, 1.165) is 24.2 Å². The first kappa shape index (κ1) is 12.9. The minimum absolute atomic E-state index is 0.307. The Morgan fingerprint density at radius 1 is 1.44 bits per heavy atom. The highest BCUT2D eigenvalue weighted by molar-refractivity contribution is 5.79. The van der Waals surface area contributed by atoms with Gasteiger partial charge in [-0.15, -0.1) is 0 Å². The van der Waals surface area contributed by atoms with Crippen LogP contribution in [0.2, 0.25) is 0 Å². The molecule has 0 heterocycles. The minimum Gasteiger partial charge on any atom is -0.496 e. The second kappa shape index (κ2) is 4.98. The van der Waals surface area contributed by atoms with E-state index in [1.54, 1.807) is 14.0 Å². The highest BCUT2D eigenvalue weighted by Crippen LogP contribution is 2.53. The van der Waals surface area contributed by atoms with Gasteiger partial charge in [0.2, 0.25) is 0 Å². The number of benzene rings is 1. The SMILES string of the molecule is CCOC(=O)C(N)C1(c2ccccc2OC)CC1. The van der Waals surface area contributed by atoms with Gasteiger partial charge < -0.3 is 15.2 Å². The van der Waals surface area contributed by atoms with Gasteiger partial charge in [0.1, 0.15) is 11.8 Å². The van der Waals surface area contributed by atoms with Crippen LogP contribution in [0.25, 0.3) is 0 Å². The van der Waals surface area contributed by atoms with Gasteiger partial charge in [-0.2, -0.15) is 0 Å². The second-order valence-electron chi connectivity index (χ2n) is 4.59. The van der Waals surface area contributed by atoms with Crippen LogP contribution in [0.15, 0.2) is 24.3 Å². The molecule has 2 rings (SSSR count). The summed E-state index contributed by atoms with van der Waals surface area (Å²) in [6.45, 7) is 2.14. The number of para-hydroxylation sites is 1. The number of carbonyl (C=O) groups excluding carboxylic acids is 1. The summed E-state index contributed by atoms with van der Waals surface area (Å²) in [5.74, 6) is 0.454. The van der Waals surface area contributed by atoms with Crippen molar-refractivity contribution >= 4 is 5.97 Å². The number of hydrogen-bond acceptors (Lipinski definition) is 4. The summed E-state index contributed by atoms with van der Waals surface area (Å²) in [4.78, 5) is 11.8. The van der Waals surface area contributed by atoms with Gasteiger partial charge in [-0.05, 0) is 25.8 Å². The van der Waals surface area contributed by atoms with Crippen molar-refractivity contribution in [3.63, 3.8) is 0 Å². The van der Waals surface area contributed by atoms with Crippen LogP contribution in [0, 0.1) is 0 Å². The van der Waals surface area contributed by atoms with Gasteiger partial charge in [-0.25, -0.2) is 0 Å². The van der Waals surface area contributed by atoms with E-state index < -0.39 is 6.04 Å². The van der Waals surface area contributed by atoms with Crippen LogP contribution in [-0.2, 0) is 14.9 Å². The molecule has 18 heavy (non-hydrogen) atoms. The Morgan fingerprint density at radius 2 is 2.11 bits per heavy atom. The fourth-order valence-corrected chi connectivity index (χ4v) is 2.40. The lowest BCUT2D eigenvalue weighted by atomic mass is 9.87. The van der Waals surface area contributed by atoms with E-state index in [1.807, 2.05) is 24.3 Å². The molecule has 1 unspecified atom stereocenters. The topological polar surface area (TPSA) is 61.5 Å². The maximum Gasteiger partial charge on any atom is 0.323 e. The Bertz CT molecular complexity index is 440. The molecular formula is C14H19NO3. The molecule has 0 spiro atoms. The molecule has 0 aliphatic heterocycles. The number of carbonyl (C=O) groups is 1. The first-order valence-corrected chi connectivity index (χ1v) is 6.21. The molecule has 1 aliphatic rings. The van der Waals surface area contributed by atoms with E-state index in [9.17, 15) is 4.79 Å². The number of methoxy groups -OCH3 is 1. The lowest BCUT2D eigenvalue weighted by molar-refractivity contribution is -0.145. The zero-order chi connectivity index (χ0) is 13.2. The summed E-state index contributed by atoms with van der Waals surface area (Å²) < 4.78 is 10.4. The first-order valence-electron chi connectivity index (χ1n) is 6.21. The Balaban J connectivity index is 2.28. The zero-order valence-electron chi connectivity index (χ0n) is 10.8. The van der Waals surface area contributed by atoms with Gasteiger partial charge in [0.25, 0.3) is 0 Å². The summed E-state index contributed by atoms with van der Waals surface area (Å²) in [6.07, 6.45) is 1.79. The van der Waals surface area contributed by atoms with Gasteiger partial charge >= 0.3 is 5.97 Å². The smallest absolute Gasteiger partial charge is 0.323 e. The number of hydrogen-bond donors (Lipinski definition) is 1. The van der Waals surface area contributed by atoms with E-state index in [2.05, 4.69) is 0 Å². The highest BCUT2D eigenvalue weighted by atomic mass is 16.5. The van der Waals surface area contributed by atoms with E-state index >= 15 is 0 Å². The van der Waals surface area contributed by atoms with Crippen molar-refractivity contribution in [3.05, 3.63) is 29.8 Å². The molecule has 1 aliphatic carbocycles. The number of esters is 1. The largest absolute Gasteiger partial charge is 0.496 e. The fraction of sp³-hybridized carbons (Fsp3) is 0.500. The fourth-order valence-electron chi connectivity index (χ4n) is 2.40. The van der Waals surface area contributed by atoms with Gasteiger partial charge in [0.05, 0.1) is 13.7 Å². The Labute approximate surface area is 107 Å². The standard InChI is InChI=1S/C14H19NO3/c1-3-18-13(16)12(15)14(8-9-14)10-6-4-5-7-11(10)17-2/h4-7,12H,3,8-9,15H2,1-2H3. The maximum absolute atomic E-state index is 11.8. The maximum atomic E-state index is 11.8. The summed E-state index contributed by atoms with van der Waals surface area (Å²) in [5, 5.41) is 0. The van der Waals surface area contributed by atoms with Crippen LogP contribution in [0.1, 0.15) is 25.3 Å². The molecule has 2 N–H and O–H groups in total. The Kier molecular flexibility index (Phi) is 3.57. The minimum atomic E-state index is -0.617. The molecule has 1 fully saturated rings. The summed E-state index contributed by atoms with van der Waals surface area (Å²) in [6, 6.07) is 7.11. The van der Waals surface area contributed by atoms with E-state index in [0.29, 0.717) is 6.61 Å². The first-order chi connectivity index (χ1) is 8.65. The molecule has 98 valence electrons. The summed E-state index contributed by atoms with van der Waals surface area (Å²) in [7, 11) is 1.63. The Hall–Kier alpha value is -1.55. The van der Waals surface area contributed by atoms with Crippen molar-refractivity contribution in [2.24, 2.45) is 5.73 Å². The van der Waals surface area contributed by atoms with Gasteiger partial charge in [-0.3, -0.25) is 4.79 Å². The lowest BCUT2D eigenvalue weighted by Gasteiger charge is -2.23. The normalized spacial score (nSPS) is 17.9. The average molecular weight is 249 g/mol. The molecule has 0 amide bonds. The van der Waals surface area contributed by atoms with Crippen molar-refractivity contribution < 1.29 is 14.3 Å². The predicted octanol–water partition coefficient (Wildman–Crippen LogP) is 1.62. The number of rotatable bonds is 5. The second-order valence-corrected chi connectivity index (χ2v) is 4.59. The number of nitrogens with two attached hydrogens (primary N) is 1. The highest BCUT2D eigenvalue weighted by Gasteiger charge is 2.54. The molecule has 4 nitrogen and oxygen atoms in total. The monoisotopic (exact) mass is 249 g/mol. The molecule has 0 radical (unpaired) electrons. The Morgan fingerprint density at radius 3 is 2.67 bits per heavy atom. The van der Waals surface area contributed by atoms with Crippen LogP contribution >= 0.6 is 0 Å². The van der Waals surface area contributed by atoms with Gasteiger partial charge in [0, 0.05) is 11.0 Å². The van der Waals surface area contributed by atoms with Crippen LogP contribution < -0.4 is 10.5 Å². The van der Waals surface area contributed by atoms with Crippen molar-refractivity contribution in [1.29, 1.82) is 0 Å². The predicted molar refractivity (Wildman–Crippen MR) is 68.5 cm³/mol. The van der Waals surface area contributed by atoms with Gasteiger partial charge in [0.15, 0.2) is 0 Å². The molecule has 1 aromatic carbocycles. The van der Waals surface area contributed by atoms with Crippen LogP contribution in [0.5, 0.6) is 5.75 Å². The van der Waals surface area contributed by atoms with Crippen LogP contribution in [0.3, 0.4) is 0 Å². The van der Waals surface area contributed by atoms with E-state index in [1.165, 1.54) is 0 Å². The molecule has 0 aromatic heterocycles. The van der Waals surface area contributed by atoms with Crippen molar-refractivity contribution in [2.45, 2.75) is 31.2 Å². The molecule has 0 bridgehead atoms. The molecule has 1 aromatic rings. The van der Waals surface area contributed by atoms with E-state index in [4.69, 9.17) is 15.2 Å². The third-order valence-corrected chi connectivity index (χ3v) is 3.57. The lowest BCUT2D eigenvalue weighted by Crippen LogP contribution is -2.43. The van der Waals surface area contributed by atoms with Crippen molar-refractivity contribution in [3.8, 4) is 5.75 Å². The third-order valence-electron chi connectivity index (χ3n) is 3.57. The van der Waals surface area contributed by atoms with E-state index in [-0.39, 0.29) is 11.4 Å². The molecule has 0 saturated heterocycles. The zero-order valence-corrected chi connectivity index (χ0v) is 10.8.